The Hall–Kier alpha value is -2.93. The number of carbonyl (C=O) groups is 1. The van der Waals surface area contributed by atoms with E-state index in [1.165, 1.54) is 17.1 Å². The lowest BCUT2D eigenvalue weighted by Crippen LogP contribution is -2.39. The third kappa shape index (κ3) is 4.56. The number of benzene rings is 2. The van der Waals surface area contributed by atoms with Gasteiger partial charge in [-0.3, -0.25) is 4.79 Å². The first-order valence-electron chi connectivity index (χ1n) is 9.72. The van der Waals surface area contributed by atoms with Crippen LogP contribution in [0.1, 0.15) is 29.8 Å². The molecule has 0 radical (unpaired) electrons. The number of methoxy groups -OCH3 is 1. The summed E-state index contributed by atoms with van der Waals surface area (Å²) >= 11 is 1.36. The first-order valence-corrected chi connectivity index (χ1v) is 10.5. The van der Waals surface area contributed by atoms with Gasteiger partial charge in [-0.25, -0.2) is 4.98 Å². The van der Waals surface area contributed by atoms with Gasteiger partial charge in [-0.2, -0.15) is 4.37 Å². The van der Waals surface area contributed by atoms with E-state index in [0.29, 0.717) is 6.42 Å². The molecule has 150 valence electrons. The molecule has 6 nitrogen and oxygen atoms in total. The Morgan fingerprint density at radius 1 is 1.28 bits per heavy atom. The van der Waals surface area contributed by atoms with Crippen molar-refractivity contribution in [1.29, 1.82) is 0 Å². The second-order valence-electron chi connectivity index (χ2n) is 7.23. The highest BCUT2D eigenvalue weighted by Gasteiger charge is 2.33. The van der Waals surface area contributed by atoms with Crippen molar-refractivity contribution in [2.75, 3.05) is 23.9 Å². The molecule has 1 aliphatic rings. The van der Waals surface area contributed by atoms with E-state index in [2.05, 4.69) is 14.6 Å². The average Bonchev–Trinajstić information content (AvgIpc) is 3.39. The Balaban J connectivity index is 1.44. The molecule has 1 aliphatic heterocycles. The average molecular weight is 409 g/mol. The normalized spacial score (nSPS) is 16.1. The molecule has 2 aromatic carbocycles. The zero-order valence-corrected chi connectivity index (χ0v) is 17.4. The summed E-state index contributed by atoms with van der Waals surface area (Å²) in [6.45, 7) is 2.85. The lowest BCUT2D eigenvalue weighted by molar-refractivity contribution is -0.117. The number of aromatic nitrogens is 2. The molecule has 1 saturated heterocycles. The second kappa shape index (κ2) is 8.61. The molecule has 0 bridgehead atoms. The van der Waals surface area contributed by atoms with Crippen molar-refractivity contribution in [2.45, 2.75) is 32.2 Å². The number of amides is 1. The molecule has 0 saturated carbocycles. The summed E-state index contributed by atoms with van der Waals surface area (Å²) in [5, 5.41) is 3.84. The van der Waals surface area contributed by atoms with Crippen LogP contribution in [0, 0.1) is 6.92 Å². The monoisotopic (exact) mass is 408 g/mol. The lowest BCUT2D eigenvalue weighted by atomic mass is 10.1. The summed E-state index contributed by atoms with van der Waals surface area (Å²) in [5.74, 6) is 1.60. The maximum Gasteiger partial charge on any atom is 0.247 e. The summed E-state index contributed by atoms with van der Waals surface area (Å²) in [6.07, 6.45) is 2.43. The van der Waals surface area contributed by atoms with Gasteiger partial charge in [0.1, 0.15) is 17.6 Å². The third-order valence-electron chi connectivity index (χ3n) is 5.07. The SMILES string of the molecule is COc1cccc(Cc2nsc(N3CCC[C@@H]3C(=O)Nc3ccc(C)cc3)n2)c1. The maximum atomic E-state index is 12.8. The molecule has 0 unspecified atom stereocenters. The number of aryl methyl sites for hydroxylation is 1. The van der Waals surface area contributed by atoms with Gasteiger partial charge in [0, 0.05) is 30.2 Å². The Morgan fingerprint density at radius 2 is 2.10 bits per heavy atom. The summed E-state index contributed by atoms with van der Waals surface area (Å²) in [6, 6.07) is 15.6. The van der Waals surface area contributed by atoms with Gasteiger partial charge in [0.25, 0.3) is 0 Å². The minimum absolute atomic E-state index is 0.0101. The Labute approximate surface area is 174 Å². The van der Waals surface area contributed by atoms with E-state index in [-0.39, 0.29) is 11.9 Å². The smallest absolute Gasteiger partial charge is 0.247 e. The molecule has 0 spiro atoms. The van der Waals surface area contributed by atoms with E-state index < -0.39 is 0 Å². The van der Waals surface area contributed by atoms with Crippen LogP contribution in [0.5, 0.6) is 5.75 Å². The minimum Gasteiger partial charge on any atom is -0.497 e. The van der Waals surface area contributed by atoms with Gasteiger partial charge in [0.2, 0.25) is 11.0 Å². The van der Waals surface area contributed by atoms with Crippen LogP contribution in [0.2, 0.25) is 0 Å². The van der Waals surface area contributed by atoms with Crippen LogP contribution >= 0.6 is 11.5 Å². The molecule has 1 atom stereocenters. The van der Waals surface area contributed by atoms with Crippen molar-refractivity contribution in [3.05, 3.63) is 65.5 Å². The first kappa shape index (κ1) is 19.4. The predicted octanol–water partition coefficient (Wildman–Crippen LogP) is 4.05. The quantitative estimate of drug-likeness (QED) is 0.666. The number of ether oxygens (including phenoxy) is 1. The molecule has 1 amide bonds. The summed E-state index contributed by atoms with van der Waals surface area (Å²) in [4.78, 5) is 19.6. The number of carbonyl (C=O) groups excluding carboxylic acids is 1. The van der Waals surface area contributed by atoms with Crippen molar-refractivity contribution < 1.29 is 9.53 Å². The molecule has 1 aromatic heterocycles. The van der Waals surface area contributed by atoms with E-state index in [1.54, 1.807) is 7.11 Å². The maximum absolute atomic E-state index is 12.8. The van der Waals surface area contributed by atoms with E-state index >= 15 is 0 Å². The molecule has 29 heavy (non-hydrogen) atoms. The second-order valence-corrected chi connectivity index (χ2v) is 7.96. The standard InChI is InChI=1S/C22H24N4O2S/c1-15-8-10-17(11-9-15)23-21(27)19-7-4-12-26(19)22-24-20(25-29-22)14-16-5-3-6-18(13-16)28-2/h3,5-6,8-11,13,19H,4,7,12,14H2,1-2H3,(H,23,27)/t19-/m1/s1. The van der Waals surface area contributed by atoms with E-state index in [0.717, 1.165) is 47.3 Å². The Morgan fingerprint density at radius 3 is 2.90 bits per heavy atom. The van der Waals surface area contributed by atoms with Gasteiger partial charge >= 0.3 is 0 Å². The van der Waals surface area contributed by atoms with Crippen LogP contribution < -0.4 is 15.0 Å². The fourth-order valence-electron chi connectivity index (χ4n) is 3.53. The van der Waals surface area contributed by atoms with E-state index in [9.17, 15) is 4.79 Å². The summed E-state index contributed by atoms with van der Waals surface area (Å²) in [7, 11) is 1.66. The molecule has 4 rings (SSSR count). The summed E-state index contributed by atoms with van der Waals surface area (Å²) in [5.41, 5.74) is 3.09. The van der Waals surface area contributed by atoms with E-state index in [4.69, 9.17) is 9.72 Å². The van der Waals surface area contributed by atoms with Crippen LogP contribution in [-0.4, -0.2) is 35.0 Å². The van der Waals surface area contributed by atoms with Crippen molar-refractivity contribution in [3.63, 3.8) is 0 Å². The predicted molar refractivity (Wildman–Crippen MR) is 116 cm³/mol. The van der Waals surface area contributed by atoms with E-state index in [1.807, 2.05) is 55.5 Å². The fourth-order valence-corrected chi connectivity index (χ4v) is 4.29. The minimum atomic E-state index is -0.214. The number of hydrogen-bond donors (Lipinski definition) is 1. The molecule has 0 aliphatic carbocycles. The third-order valence-corrected chi connectivity index (χ3v) is 5.87. The molecule has 2 heterocycles. The molecular formula is C22H24N4O2S. The number of nitrogens with one attached hydrogen (secondary N) is 1. The topological polar surface area (TPSA) is 67.3 Å². The zero-order valence-electron chi connectivity index (χ0n) is 16.6. The largest absolute Gasteiger partial charge is 0.497 e. The molecule has 3 aromatic rings. The molecule has 1 N–H and O–H groups in total. The van der Waals surface area contributed by atoms with Gasteiger partial charge in [0.15, 0.2) is 0 Å². The Bertz CT molecular complexity index is 986. The van der Waals surface area contributed by atoms with Crippen molar-refractivity contribution in [1.82, 2.24) is 9.36 Å². The van der Waals surface area contributed by atoms with Gasteiger partial charge < -0.3 is 15.0 Å². The number of hydrogen-bond acceptors (Lipinski definition) is 6. The lowest BCUT2D eigenvalue weighted by Gasteiger charge is -2.22. The molecule has 1 fully saturated rings. The fraction of sp³-hybridized carbons (Fsp3) is 0.318. The highest BCUT2D eigenvalue weighted by molar-refractivity contribution is 7.09. The number of anilines is 2. The van der Waals surface area contributed by atoms with Crippen LogP contribution in [0.4, 0.5) is 10.8 Å². The van der Waals surface area contributed by atoms with Crippen LogP contribution in [0.3, 0.4) is 0 Å². The van der Waals surface area contributed by atoms with Crippen molar-refractivity contribution in [3.8, 4) is 5.75 Å². The summed E-state index contributed by atoms with van der Waals surface area (Å²) < 4.78 is 9.80. The number of nitrogens with zero attached hydrogens (tertiary/aromatic N) is 3. The van der Waals surface area contributed by atoms with Crippen molar-refractivity contribution in [2.24, 2.45) is 0 Å². The number of rotatable bonds is 6. The van der Waals surface area contributed by atoms with Crippen LogP contribution in [0.15, 0.2) is 48.5 Å². The molecular weight excluding hydrogens is 384 g/mol. The van der Waals surface area contributed by atoms with Crippen LogP contribution in [-0.2, 0) is 11.2 Å². The van der Waals surface area contributed by atoms with Gasteiger partial charge in [-0.15, -0.1) is 0 Å². The van der Waals surface area contributed by atoms with Crippen LogP contribution in [0.25, 0.3) is 0 Å². The highest BCUT2D eigenvalue weighted by Crippen LogP contribution is 2.28. The van der Waals surface area contributed by atoms with Gasteiger partial charge in [-0.05, 0) is 49.6 Å². The zero-order chi connectivity index (χ0) is 20.2. The first-order chi connectivity index (χ1) is 14.1. The van der Waals surface area contributed by atoms with Gasteiger partial charge in [0.05, 0.1) is 7.11 Å². The highest BCUT2D eigenvalue weighted by atomic mass is 32.1. The molecule has 7 heteroatoms. The van der Waals surface area contributed by atoms with Crippen molar-refractivity contribution >= 4 is 28.3 Å². The van der Waals surface area contributed by atoms with Gasteiger partial charge in [-0.1, -0.05) is 29.8 Å². The Kier molecular flexibility index (Phi) is 5.76.